The summed E-state index contributed by atoms with van der Waals surface area (Å²) < 4.78 is 12.6. The predicted octanol–water partition coefficient (Wildman–Crippen LogP) is 3.70. The summed E-state index contributed by atoms with van der Waals surface area (Å²) in [4.78, 5) is 1.11. The van der Waals surface area contributed by atoms with Crippen LogP contribution in [0.15, 0.2) is 45.1 Å². The van der Waals surface area contributed by atoms with Gasteiger partial charge in [0.05, 0.1) is 0 Å². The van der Waals surface area contributed by atoms with Crippen molar-refractivity contribution in [2.24, 2.45) is 0 Å². The normalized spacial score (nSPS) is 12.6. The van der Waals surface area contributed by atoms with Crippen molar-refractivity contribution in [1.82, 2.24) is 5.32 Å². The number of thioether (sulfide) groups is 1. The maximum Gasteiger partial charge on any atom is 0.138 e. The Bertz CT molecular complexity index is 445. The van der Waals surface area contributed by atoms with Crippen molar-refractivity contribution in [3.8, 4) is 0 Å². The summed E-state index contributed by atoms with van der Waals surface area (Å²) in [7, 11) is -0.864. The minimum Gasteiger partial charge on any atom is -0.370 e. The Morgan fingerprint density at radius 3 is 2.78 bits per heavy atom. The van der Waals surface area contributed by atoms with E-state index in [-0.39, 0.29) is 0 Å². The Kier molecular flexibility index (Phi) is 7.81. The topological polar surface area (TPSA) is 29.1 Å². The lowest BCUT2D eigenvalue weighted by Gasteiger charge is -2.05. The van der Waals surface area contributed by atoms with Gasteiger partial charge in [0.2, 0.25) is 0 Å². The molecule has 0 saturated carbocycles. The lowest BCUT2D eigenvalue weighted by Crippen LogP contribution is -2.18. The zero-order valence-corrected chi connectivity index (χ0v) is 13.9. The van der Waals surface area contributed by atoms with E-state index < -0.39 is 10.8 Å². The SMILES string of the molecule is CS(=O)/C=C/CCNC(=S)Sc1ccc(Br)cc1. The molecule has 1 unspecified atom stereocenters. The molecule has 2 nitrogen and oxygen atoms in total. The average Bonchev–Trinajstić information content (AvgIpc) is 2.31. The van der Waals surface area contributed by atoms with E-state index >= 15 is 0 Å². The van der Waals surface area contributed by atoms with Gasteiger partial charge < -0.3 is 5.32 Å². The van der Waals surface area contributed by atoms with E-state index in [9.17, 15) is 4.21 Å². The quantitative estimate of drug-likeness (QED) is 0.490. The van der Waals surface area contributed by atoms with E-state index in [1.807, 2.05) is 30.3 Å². The number of halogens is 1. The van der Waals surface area contributed by atoms with Crippen molar-refractivity contribution in [3.63, 3.8) is 0 Å². The largest absolute Gasteiger partial charge is 0.370 e. The molecule has 1 aromatic carbocycles. The van der Waals surface area contributed by atoms with Gasteiger partial charge in [0.1, 0.15) is 4.32 Å². The molecule has 98 valence electrons. The molecule has 0 bridgehead atoms. The molecule has 0 radical (unpaired) electrons. The third-order valence-corrected chi connectivity index (χ3v) is 4.23. The highest BCUT2D eigenvalue weighted by Gasteiger charge is 1.99. The van der Waals surface area contributed by atoms with Crippen LogP contribution in [0.3, 0.4) is 0 Å². The van der Waals surface area contributed by atoms with Gasteiger partial charge in [-0.05, 0) is 36.1 Å². The van der Waals surface area contributed by atoms with Gasteiger partial charge in [-0.1, -0.05) is 46.0 Å². The van der Waals surface area contributed by atoms with Gasteiger partial charge >= 0.3 is 0 Å². The lowest BCUT2D eigenvalue weighted by molar-refractivity contribution is 0.691. The Labute approximate surface area is 128 Å². The minimum atomic E-state index is -0.864. The van der Waals surface area contributed by atoms with Crippen LogP contribution >= 0.6 is 39.9 Å². The first-order valence-electron chi connectivity index (χ1n) is 5.28. The maximum atomic E-state index is 10.8. The van der Waals surface area contributed by atoms with Crippen molar-refractivity contribution in [1.29, 1.82) is 0 Å². The monoisotopic (exact) mass is 363 g/mol. The second-order valence-electron chi connectivity index (χ2n) is 3.43. The molecular weight excluding hydrogens is 350 g/mol. The van der Waals surface area contributed by atoms with Crippen molar-refractivity contribution in [2.75, 3.05) is 12.8 Å². The third kappa shape index (κ3) is 7.31. The van der Waals surface area contributed by atoms with E-state index in [0.29, 0.717) is 0 Å². The van der Waals surface area contributed by atoms with Gasteiger partial charge in [-0.3, -0.25) is 4.21 Å². The first-order chi connectivity index (χ1) is 8.58. The zero-order valence-electron chi connectivity index (χ0n) is 9.89. The molecule has 6 heteroatoms. The van der Waals surface area contributed by atoms with E-state index in [0.717, 1.165) is 26.7 Å². The lowest BCUT2D eigenvalue weighted by atomic mass is 10.4. The molecule has 0 heterocycles. The number of thiocarbonyl (C=S) groups is 1. The molecular formula is C12H14BrNOS3. The van der Waals surface area contributed by atoms with Gasteiger partial charge in [-0.2, -0.15) is 0 Å². The van der Waals surface area contributed by atoms with Crippen LogP contribution < -0.4 is 5.32 Å². The predicted molar refractivity (Wildman–Crippen MR) is 88.4 cm³/mol. The van der Waals surface area contributed by atoms with Crippen molar-refractivity contribution >= 4 is 55.0 Å². The number of nitrogens with one attached hydrogen (secondary N) is 1. The molecule has 0 aromatic heterocycles. The second-order valence-corrected chi connectivity index (χ2v) is 7.36. The van der Waals surface area contributed by atoms with E-state index in [1.54, 1.807) is 11.7 Å². The summed E-state index contributed by atoms with van der Waals surface area (Å²) in [6.07, 6.45) is 4.37. The molecule has 0 spiro atoms. The highest BCUT2D eigenvalue weighted by Crippen LogP contribution is 2.21. The van der Waals surface area contributed by atoms with E-state index in [4.69, 9.17) is 12.2 Å². The third-order valence-electron chi connectivity index (χ3n) is 1.89. The summed E-state index contributed by atoms with van der Waals surface area (Å²) in [5, 5.41) is 4.84. The van der Waals surface area contributed by atoms with Gasteiger partial charge in [-0.25, -0.2) is 0 Å². The highest BCUT2D eigenvalue weighted by atomic mass is 79.9. The van der Waals surface area contributed by atoms with E-state index in [1.165, 1.54) is 11.8 Å². The van der Waals surface area contributed by atoms with Crippen molar-refractivity contribution in [2.45, 2.75) is 11.3 Å². The second kappa shape index (κ2) is 8.85. The molecule has 0 aliphatic heterocycles. The van der Waals surface area contributed by atoms with Crippen LogP contribution in [0.25, 0.3) is 0 Å². The average molecular weight is 364 g/mol. The molecule has 1 rings (SSSR count). The van der Waals surface area contributed by atoms with Gasteiger partial charge in [0.15, 0.2) is 0 Å². The van der Waals surface area contributed by atoms with Crippen LogP contribution in [0.1, 0.15) is 6.42 Å². The van der Waals surface area contributed by atoms with Gasteiger partial charge in [0, 0.05) is 33.0 Å². The minimum absolute atomic E-state index is 0.753. The van der Waals surface area contributed by atoms with Crippen LogP contribution in [-0.4, -0.2) is 21.3 Å². The van der Waals surface area contributed by atoms with Gasteiger partial charge in [-0.15, -0.1) is 0 Å². The number of hydrogen-bond donors (Lipinski definition) is 1. The number of hydrogen-bond acceptors (Lipinski definition) is 3. The molecule has 0 saturated heterocycles. The highest BCUT2D eigenvalue weighted by molar-refractivity contribution is 9.10. The Hall–Kier alpha value is -0.170. The molecule has 0 aliphatic rings. The Balaban J connectivity index is 2.25. The number of rotatable bonds is 5. The summed E-state index contributed by atoms with van der Waals surface area (Å²) >= 11 is 10.2. The van der Waals surface area contributed by atoms with Crippen LogP contribution in [0.4, 0.5) is 0 Å². The number of benzene rings is 1. The van der Waals surface area contributed by atoms with Crippen molar-refractivity contribution < 1.29 is 4.21 Å². The fraction of sp³-hybridized carbons (Fsp3) is 0.250. The van der Waals surface area contributed by atoms with Crippen LogP contribution in [-0.2, 0) is 10.8 Å². The summed E-state index contributed by atoms with van der Waals surface area (Å²) in [6.45, 7) is 0.760. The summed E-state index contributed by atoms with van der Waals surface area (Å²) in [5.41, 5.74) is 0. The van der Waals surface area contributed by atoms with Gasteiger partial charge in [0.25, 0.3) is 0 Å². The standard InChI is InChI=1S/C12H14BrNOS3/c1-18(15)9-3-2-8-14-12(16)17-11-6-4-10(13)5-7-11/h3-7,9H,2,8H2,1H3,(H,14,16)/b9-3+. The Morgan fingerprint density at radius 1 is 1.50 bits per heavy atom. The van der Waals surface area contributed by atoms with Crippen LogP contribution in [0.5, 0.6) is 0 Å². The molecule has 0 aliphatic carbocycles. The molecule has 0 amide bonds. The van der Waals surface area contributed by atoms with Crippen LogP contribution in [0, 0.1) is 0 Å². The zero-order chi connectivity index (χ0) is 13.4. The molecule has 1 aromatic rings. The first-order valence-corrected chi connectivity index (χ1v) is 8.92. The smallest absolute Gasteiger partial charge is 0.138 e. The molecule has 18 heavy (non-hydrogen) atoms. The summed E-state index contributed by atoms with van der Waals surface area (Å²) in [6, 6.07) is 8.01. The van der Waals surface area contributed by atoms with E-state index in [2.05, 4.69) is 21.2 Å². The maximum absolute atomic E-state index is 10.8. The fourth-order valence-electron chi connectivity index (χ4n) is 1.11. The van der Waals surface area contributed by atoms with Crippen molar-refractivity contribution in [3.05, 3.63) is 40.2 Å². The first kappa shape index (κ1) is 15.9. The molecule has 1 atom stereocenters. The van der Waals surface area contributed by atoms with Crippen LogP contribution in [0.2, 0.25) is 0 Å². The Morgan fingerprint density at radius 2 is 2.17 bits per heavy atom. The molecule has 1 N–H and O–H groups in total. The summed E-state index contributed by atoms with van der Waals surface area (Å²) in [5.74, 6) is 0. The fourth-order valence-corrected chi connectivity index (χ4v) is 2.83. The molecule has 0 fully saturated rings.